The van der Waals surface area contributed by atoms with Crippen LogP contribution in [0.2, 0.25) is 0 Å². The molecule has 122 valence electrons. The van der Waals surface area contributed by atoms with Gasteiger partial charge in [0, 0.05) is 4.47 Å². The Bertz CT molecular complexity index is 840. The van der Waals surface area contributed by atoms with Crippen molar-refractivity contribution in [3.05, 3.63) is 75.0 Å². The summed E-state index contributed by atoms with van der Waals surface area (Å²) >= 11 is 4.40. The number of amides is 2. The third-order valence-corrected chi connectivity index (χ3v) is 5.11. The van der Waals surface area contributed by atoms with Crippen LogP contribution in [0.25, 0.3) is 6.08 Å². The molecule has 0 aliphatic carbocycles. The van der Waals surface area contributed by atoms with Gasteiger partial charge in [-0.05, 0) is 60.2 Å². The number of carbonyl (C=O) groups is 2. The summed E-state index contributed by atoms with van der Waals surface area (Å²) in [4.78, 5) is 26.4. The van der Waals surface area contributed by atoms with Crippen LogP contribution in [0.5, 0.6) is 0 Å². The predicted octanol–water partition coefficient (Wildman–Crippen LogP) is 5.22. The Morgan fingerprint density at radius 3 is 2.75 bits per heavy atom. The first-order valence-corrected chi connectivity index (χ1v) is 8.86. The number of benzene rings is 1. The van der Waals surface area contributed by atoms with Gasteiger partial charge >= 0.3 is 0 Å². The molecule has 1 saturated heterocycles. The molecule has 0 bridgehead atoms. The molecule has 1 fully saturated rings. The fraction of sp³-hybridized carbons (Fsp3) is 0.111. The smallest absolute Gasteiger partial charge is 0.293 e. The number of carbonyl (C=O) groups excluding carboxylic acids is 2. The molecule has 2 aromatic rings. The maximum atomic E-state index is 12.5. The molecule has 1 aliphatic rings. The number of rotatable bonds is 4. The van der Waals surface area contributed by atoms with Crippen LogP contribution in [-0.2, 0) is 11.3 Å². The summed E-state index contributed by atoms with van der Waals surface area (Å²) in [5.74, 6) is 0.434. The van der Waals surface area contributed by atoms with Crippen LogP contribution < -0.4 is 0 Å². The predicted molar refractivity (Wildman–Crippen MR) is 98.1 cm³/mol. The second-order valence-corrected chi connectivity index (χ2v) is 7.11. The van der Waals surface area contributed by atoms with Crippen molar-refractivity contribution in [2.24, 2.45) is 0 Å². The van der Waals surface area contributed by atoms with Crippen molar-refractivity contribution in [3.8, 4) is 0 Å². The quantitative estimate of drug-likeness (QED) is 0.656. The summed E-state index contributed by atoms with van der Waals surface area (Å²) in [5.41, 5.74) is 1.74. The molecule has 0 spiro atoms. The second kappa shape index (κ2) is 7.23. The zero-order valence-electron chi connectivity index (χ0n) is 12.9. The average Bonchev–Trinajstić information content (AvgIpc) is 3.13. The maximum absolute atomic E-state index is 12.5. The van der Waals surface area contributed by atoms with Gasteiger partial charge in [-0.3, -0.25) is 14.5 Å². The fourth-order valence-corrected chi connectivity index (χ4v) is 3.58. The van der Waals surface area contributed by atoms with E-state index in [-0.39, 0.29) is 17.7 Å². The molecule has 0 radical (unpaired) electrons. The van der Waals surface area contributed by atoms with Crippen LogP contribution in [0.4, 0.5) is 4.79 Å². The zero-order chi connectivity index (χ0) is 17.1. The number of hydrogen-bond acceptors (Lipinski definition) is 4. The monoisotopic (exact) mass is 403 g/mol. The van der Waals surface area contributed by atoms with Gasteiger partial charge in [0.25, 0.3) is 11.1 Å². The molecular weight excluding hydrogens is 390 g/mol. The molecule has 0 atom stereocenters. The topological polar surface area (TPSA) is 50.5 Å². The molecule has 3 rings (SSSR count). The molecule has 0 unspecified atom stereocenters. The van der Waals surface area contributed by atoms with Crippen LogP contribution in [-0.4, -0.2) is 16.0 Å². The van der Waals surface area contributed by atoms with Crippen molar-refractivity contribution in [2.45, 2.75) is 13.5 Å². The summed E-state index contributed by atoms with van der Waals surface area (Å²) < 4.78 is 6.13. The highest BCUT2D eigenvalue weighted by Crippen LogP contribution is 2.33. The van der Waals surface area contributed by atoms with E-state index in [0.717, 1.165) is 27.4 Å². The van der Waals surface area contributed by atoms with Gasteiger partial charge in [0.1, 0.15) is 5.76 Å². The summed E-state index contributed by atoms with van der Waals surface area (Å²) in [6.07, 6.45) is 5.12. The molecule has 1 aromatic heterocycles. The van der Waals surface area contributed by atoms with E-state index in [0.29, 0.717) is 10.7 Å². The molecule has 1 aliphatic heterocycles. The Balaban J connectivity index is 1.79. The van der Waals surface area contributed by atoms with E-state index in [1.807, 2.05) is 43.3 Å². The zero-order valence-corrected chi connectivity index (χ0v) is 15.3. The number of thioether (sulfide) groups is 1. The molecule has 0 N–H and O–H groups in total. The molecule has 2 amide bonds. The first-order chi connectivity index (χ1) is 11.5. The molecule has 6 heteroatoms. The fourth-order valence-electron chi connectivity index (χ4n) is 2.28. The lowest BCUT2D eigenvalue weighted by molar-refractivity contribution is -0.123. The summed E-state index contributed by atoms with van der Waals surface area (Å²) in [7, 11) is 0. The minimum Gasteiger partial charge on any atom is -0.465 e. The Labute approximate surface area is 152 Å². The van der Waals surface area contributed by atoms with Crippen LogP contribution in [0.1, 0.15) is 18.2 Å². The third kappa shape index (κ3) is 3.71. The van der Waals surface area contributed by atoms with Crippen molar-refractivity contribution >= 4 is 44.9 Å². The standard InChI is InChI=1S/C18H14BrNO3S/c1-12(9-14-6-4-8-23-14)10-16-17(21)20(18(22)24-16)11-13-5-2-3-7-15(13)19/h2-10H,11H2,1H3/b12-9+,16-10-. The second-order valence-electron chi connectivity index (χ2n) is 5.26. The van der Waals surface area contributed by atoms with Crippen molar-refractivity contribution in [2.75, 3.05) is 0 Å². The van der Waals surface area contributed by atoms with E-state index < -0.39 is 0 Å². The number of halogens is 1. The highest BCUT2D eigenvalue weighted by atomic mass is 79.9. The van der Waals surface area contributed by atoms with E-state index in [4.69, 9.17) is 4.42 Å². The van der Waals surface area contributed by atoms with Crippen LogP contribution in [0, 0.1) is 0 Å². The van der Waals surface area contributed by atoms with Crippen LogP contribution in [0.15, 0.2) is 68.1 Å². The van der Waals surface area contributed by atoms with Gasteiger partial charge in [-0.15, -0.1) is 0 Å². The van der Waals surface area contributed by atoms with Gasteiger partial charge in [0.2, 0.25) is 0 Å². The van der Waals surface area contributed by atoms with E-state index in [1.165, 1.54) is 4.90 Å². The lowest BCUT2D eigenvalue weighted by atomic mass is 10.2. The summed E-state index contributed by atoms with van der Waals surface area (Å²) in [5, 5.41) is -0.257. The minimum absolute atomic E-state index is 0.254. The molecule has 2 heterocycles. The Hall–Kier alpha value is -2.05. The number of furan rings is 1. The molecule has 24 heavy (non-hydrogen) atoms. The van der Waals surface area contributed by atoms with E-state index in [2.05, 4.69) is 15.9 Å². The van der Waals surface area contributed by atoms with Gasteiger partial charge in [-0.2, -0.15) is 0 Å². The molecule has 1 aromatic carbocycles. The SMILES string of the molecule is CC(/C=C1\SC(=O)N(Cc2ccccc2Br)C1=O)=C\c1ccco1. The lowest BCUT2D eigenvalue weighted by Gasteiger charge is -2.13. The van der Waals surface area contributed by atoms with Gasteiger partial charge < -0.3 is 4.42 Å². The molecule has 0 saturated carbocycles. The van der Waals surface area contributed by atoms with Crippen LogP contribution >= 0.6 is 27.7 Å². The Morgan fingerprint density at radius 2 is 2.04 bits per heavy atom. The summed E-state index contributed by atoms with van der Waals surface area (Å²) in [6, 6.07) is 11.2. The normalized spacial score (nSPS) is 17.2. The average molecular weight is 404 g/mol. The van der Waals surface area contributed by atoms with Gasteiger partial charge in [-0.25, -0.2) is 0 Å². The van der Waals surface area contributed by atoms with Gasteiger partial charge in [0.15, 0.2) is 0 Å². The van der Waals surface area contributed by atoms with E-state index in [1.54, 1.807) is 18.4 Å². The van der Waals surface area contributed by atoms with Crippen LogP contribution in [0.3, 0.4) is 0 Å². The Kier molecular flexibility index (Phi) is 5.06. The lowest BCUT2D eigenvalue weighted by Crippen LogP contribution is -2.27. The number of allylic oxidation sites excluding steroid dienone is 2. The van der Waals surface area contributed by atoms with E-state index >= 15 is 0 Å². The van der Waals surface area contributed by atoms with Gasteiger partial charge in [0.05, 0.1) is 17.7 Å². The van der Waals surface area contributed by atoms with Crippen molar-refractivity contribution in [1.29, 1.82) is 0 Å². The summed E-state index contributed by atoms with van der Waals surface area (Å²) in [6.45, 7) is 2.12. The largest absolute Gasteiger partial charge is 0.465 e. The third-order valence-electron chi connectivity index (χ3n) is 3.43. The molecule has 4 nitrogen and oxygen atoms in total. The first-order valence-electron chi connectivity index (χ1n) is 7.25. The van der Waals surface area contributed by atoms with Crippen molar-refractivity contribution in [3.63, 3.8) is 0 Å². The Morgan fingerprint density at radius 1 is 1.25 bits per heavy atom. The van der Waals surface area contributed by atoms with Gasteiger partial charge in [-0.1, -0.05) is 34.1 Å². The molecular formula is C18H14BrNO3S. The first kappa shape index (κ1) is 16.8. The van der Waals surface area contributed by atoms with Crippen molar-refractivity contribution in [1.82, 2.24) is 4.90 Å². The highest BCUT2D eigenvalue weighted by molar-refractivity contribution is 9.10. The van der Waals surface area contributed by atoms with E-state index in [9.17, 15) is 9.59 Å². The number of hydrogen-bond donors (Lipinski definition) is 0. The maximum Gasteiger partial charge on any atom is 0.293 e. The number of nitrogens with zero attached hydrogens (tertiary/aromatic N) is 1. The van der Waals surface area contributed by atoms with Crippen molar-refractivity contribution < 1.29 is 14.0 Å². The highest BCUT2D eigenvalue weighted by Gasteiger charge is 2.35. The minimum atomic E-state index is -0.270. The number of imide groups is 1.